The van der Waals surface area contributed by atoms with Gasteiger partial charge in [0.25, 0.3) is 0 Å². The molecule has 0 radical (unpaired) electrons. The van der Waals surface area contributed by atoms with Crippen molar-refractivity contribution in [3.8, 4) is 0 Å². The highest BCUT2D eigenvalue weighted by Crippen LogP contribution is 2.35. The Morgan fingerprint density at radius 1 is 0.950 bits per heavy atom. The van der Waals surface area contributed by atoms with Crippen molar-refractivity contribution >= 4 is 5.82 Å². The van der Waals surface area contributed by atoms with E-state index in [2.05, 4.69) is 68.8 Å². The van der Waals surface area contributed by atoms with Gasteiger partial charge in [-0.05, 0) is 36.3 Å². The zero-order valence-corrected chi connectivity index (χ0v) is 13.9. The fraction of sp³-hybridized carbons (Fsp3) is 0.765. The number of nitrogens with zero attached hydrogens (tertiary/aromatic N) is 3. The van der Waals surface area contributed by atoms with Crippen LogP contribution in [-0.2, 0) is 5.41 Å². The molecule has 0 atom stereocenters. The number of hydrogen-bond acceptors (Lipinski definition) is 3. The van der Waals surface area contributed by atoms with Crippen LogP contribution in [0.5, 0.6) is 0 Å². The molecule has 0 N–H and O–H groups in total. The topological polar surface area (TPSA) is 29.0 Å². The van der Waals surface area contributed by atoms with E-state index in [9.17, 15) is 0 Å². The van der Waals surface area contributed by atoms with E-state index in [0.717, 1.165) is 30.5 Å². The first-order valence-corrected chi connectivity index (χ1v) is 7.77. The fourth-order valence-electron chi connectivity index (χ4n) is 2.87. The molecule has 1 fully saturated rings. The lowest BCUT2D eigenvalue weighted by Crippen LogP contribution is -2.38. The van der Waals surface area contributed by atoms with Crippen molar-refractivity contribution in [2.75, 3.05) is 18.0 Å². The molecule has 0 saturated carbocycles. The lowest BCUT2D eigenvalue weighted by atomic mass is 9.75. The third-order valence-corrected chi connectivity index (χ3v) is 4.46. The van der Waals surface area contributed by atoms with Gasteiger partial charge in [-0.3, -0.25) is 0 Å². The Bertz CT molecular complexity index is 429. The van der Waals surface area contributed by atoms with Crippen molar-refractivity contribution < 1.29 is 0 Å². The number of anilines is 1. The molecule has 1 aromatic heterocycles. The van der Waals surface area contributed by atoms with Gasteiger partial charge in [-0.1, -0.05) is 41.5 Å². The van der Waals surface area contributed by atoms with Crippen LogP contribution in [0.2, 0.25) is 0 Å². The SMILES string of the molecule is CC(C)(C)c1ccc(N2CCC(C(C)(C)C)CC2)nn1. The van der Waals surface area contributed by atoms with Crippen molar-refractivity contribution in [2.24, 2.45) is 11.3 Å². The minimum atomic E-state index is 0.0742. The summed E-state index contributed by atoms with van der Waals surface area (Å²) in [5, 5.41) is 8.83. The Morgan fingerprint density at radius 2 is 1.55 bits per heavy atom. The molecule has 1 aliphatic rings. The minimum Gasteiger partial charge on any atom is -0.355 e. The summed E-state index contributed by atoms with van der Waals surface area (Å²) in [6.45, 7) is 15.8. The molecule has 0 aromatic carbocycles. The first-order chi connectivity index (χ1) is 9.18. The van der Waals surface area contributed by atoms with Crippen molar-refractivity contribution in [3.63, 3.8) is 0 Å². The van der Waals surface area contributed by atoms with Gasteiger partial charge >= 0.3 is 0 Å². The lowest BCUT2D eigenvalue weighted by molar-refractivity contribution is 0.198. The molecule has 1 saturated heterocycles. The van der Waals surface area contributed by atoms with Crippen molar-refractivity contribution in [3.05, 3.63) is 17.8 Å². The van der Waals surface area contributed by atoms with Gasteiger partial charge in [-0.15, -0.1) is 5.10 Å². The van der Waals surface area contributed by atoms with Crippen LogP contribution in [0, 0.1) is 11.3 Å². The van der Waals surface area contributed by atoms with E-state index >= 15 is 0 Å². The number of rotatable bonds is 1. The maximum Gasteiger partial charge on any atom is 0.151 e. The monoisotopic (exact) mass is 275 g/mol. The van der Waals surface area contributed by atoms with Gasteiger partial charge in [0.15, 0.2) is 5.82 Å². The minimum absolute atomic E-state index is 0.0742. The zero-order chi connectivity index (χ0) is 15.0. The summed E-state index contributed by atoms with van der Waals surface area (Å²) in [6, 6.07) is 4.25. The van der Waals surface area contributed by atoms with E-state index in [1.165, 1.54) is 12.8 Å². The van der Waals surface area contributed by atoms with Crippen molar-refractivity contribution in [1.82, 2.24) is 10.2 Å². The van der Waals surface area contributed by atoms with E-state index in [1.54, 1.807) is 0 Å². The van der Waals surface area contributed by atoms with Crippen LogP contribution in [0.4, 0.5) is 5.82 Å². The highest BCUT2D eigenvalue weighted by molar-refractivity contribution is 5.38. The van der Waals surface area contributed by atoms with E-state index in [4.69, 9.17) is 0 Å². The summed E-state index contributed by atoms with van der Waals surface area (Å²) in [4.78, 5) is 2.38. The quantitative estimate of drug-likeness (QED) is 0.774. The van der Waals surface area contributed by atoms with Gasteiger partial charge in [-0.25, -0.2) is 0 Å². The van der Waals surface area contributed by atoms with E-state index < -0.39 is 0 Å². The fourth-order valence-corrected chi connectivity index (χ4v) is 2.87. The summed E-state index contributed by atoms with van der Waals surface area (Å²) in [6.07, 6.45) is 2.51. The molecule has 0 amide bonds. The van der Waals surface area contributed by atoms with Crippen LogP contribution in [0.15, 0.2) is 12.1 Å². The predicted molar refractivity (Wildman–Crippen MR) is 85.1 cm³/mol. The highest BCUT2D eigenvalue weighted by Gasteiger charge is 2.29. The standard InChI is InChI=1S/C17H29N3/c1-16(2,3)13-9-11-20(12-10-13)15-8-7-14(18-19-15)17(4,5)6/h7-8,13H,9-12H2,1-6H3. The predicted octanol–water partition coefficient (Wildman–Crippen LogP) is 4.04. The average molecular weight is 275 g/mol. The first-order valence-electron chi connectivity index (χ1n) is 7.77. The summed E-state index contributed by atoms with van der Waals surface area (Å²) in [5.41, 5.74) is 1.56. The molecule has 0 bridgehead atoms. The summed E-state index contributed by atoms with van der Waals surface area (Å²) < 4.78 is 0. The van der Waals surface area contributed by atoms with Gasteiger partial charge in [0.05, 0.1) is 5.69 Å². The Labute approximate surface area is 123 Å². The van der Waals surface area contributed by atoms with Crippen LogP contribution in [0.1, 0.15) is 60.1 Å². The molecule has 3 heteroatoms. The number of piperidine rings is 1. The Hall–Kier alpha value is -1.12. The summed E-state index contributed by atoms with van der Waals surface area (Å²) in [7, 11) is 0. The van der Waals surface area contributed by atoms with Crippen molar-refractivity contribution in [2.45, 2.75) is 59.8 Å². The Morgan fingerprint density at radius 3 is 1.95 bits per heavy atom. The van der Waals surface area contributed by atoms with Crippen LogP contribution >= 0.6 is 0 Å². The second-order valence-electron chi connectivity index (χ2n) is 8.15. The second-order valence-corrected chi connectivity index (χ2v) is 8.15. The maximum absolute atomic E-state index is 4.43. The summed E-state index contributed by atoms with van der Waals surface area (Å²) >= 11 is 0. The first kappa shape index (κ1) is 15.3. The Kier molecular flexibility index (Phi) is 4.08. The van der Waals surface area contributed by atoms with Crippen LogP contribution < -0.4 is 4.90 Å². The van der Waals surface area contributed by atoms with Crippen LogP contribution in [0.3, 0.4) is 0 Å². The van der Waals surface area contributed by atoms with Crippen LogP contribution in [-0.4, -0.2) is 23.3 Å². The molecular weight excluding hydrogens is 246 g/mol. The zero-order valence-electron chi connectivity index (χ0n) is 13.9. The second kappa shape index (κ2) is 5.34. The molecule has 0 unspecified atom stereocenters. The normalized spacial score (nSPS) is 18.4. The number of hydrogen-bond donors (Lipinski definition) is 0. The van der Waals surface area contributed by atoms with E-state index in [0.29, 0.717) is 5.41 Å². The molecule has 0 aliphatic carbocycles. The third-order valence-electron chi connectivity index (χ3n) is 4.46. The molecule has 3 nitrogen and oxygen atoms in total. The lowest BCUT2D eigenvalue weighted by Gasteiger charge is -2.39. The molecule has 1 aliphatic heterocycles. The molecule has 2 heterocycles. The Balaban J connectivity index is 2.01. The van der Waals surface area contributed by atoms with Gasteiger partial charge in [-0.2, -0.15) is 5.10 Å². The van der Waals surface area contributed by atoms with Gasteiger partial charge in [0.1, 0.15) is 0 Å². The smallest absolute Gasteiger partial charge is 0.151 e. The van der Waals surface area contributed by atoms with Gasteiger partial charge in [0.2, 0.25) is 0 Å². The molecular formula is C17H29N3. The van der Waals surface area contributed by atoms with E-state index in [-0.39, 0.29) is 5.41 Å². The molecule has 112 valence electrons. The van der Waals surface area contributed by atoms with Gasteiger partial charge < -0.3 is 4.90 Å². The van der Waals surface area contributed by atoms with Gasteiger partial charge in [0, 0.05) is 18.5 Å². The maximum atomic E-state index is 4.43. The highest BCUT2D eigenvalue weighted by atomic mass is 15.3. The van der Waals surface area contributed by atoms with E-state index in [1.807, 2.05) is 0 Å². The largest absolute Gasteiger partial charge is 0.355 e. The average Bonchev–Trinajstić information content (AvgIpc) is 2.37. The third kappa shape index (κ3) is 3.50. The van der Waals surface area contributed by atoms with Crippen molar-refractivity contribution in [1.29, 1.82) is 0 Å². The molecule has 2 rings (SSSR count). The molecule has 0 spiro atoms. The number of aromatic nitrogens is 2. The summed E-state index contributed by atoms with van der Waals surface area (Å²) in [5.74, 6) is 1.85. The molecule has 20 heavy (non-hydrogen) atoms. The van der Waals surface area contributed by atoms with Crippen LogP contribution in [0.25, 0.3) is 0 Å². The molecule has 1 aromatic rings.